The van der Waals surface area contributed by atoms with Crippen LogP contribution in [-0.4, -0.2) is 5.97 Å². The van der Waals surface area contributed by atoms with Crippen molar-refractivity contribution in [3.05, 3.63) is 51.7 Å². The molecule has 0 amide bonds. The molecule has 0 aliphatic carbocycles. The first-order valence-corrected chi connectivity index (χ1v) is 6.76. The molecule has 0 aliphatic heterocycles. The van der Waals surface area contributed by atoms with Gasteiger partial charge in [0.15, 0.2) is 0 Å². The Morgan fingerprint density at radius 1 is 1.22 bits per heavy atom. The molecule has 2 aromatic rings. The van der Waals surface area contributed by atoms with Crippen molar-refractivity contribution in [3.8, 4) is 5.75 Å². The maximum Gasteiger partial charge on any atom is 0.353 e. The zero-order valence-electron chi connectivity index (χ0n) is 10.8. The third kappa shape index (κ3) is 2.99. The quantitative estimate of drug-likeness (QED) is 0.604. The lowest BCUT2D eigenvalue weighted by molar-refractivity contribution is 0.0739. The van der Waals surface area contributed by atoms with Gasteiger partial charge in [0.2, 0.25) is 0 Å². The molecule has 0 unspecified atom stereocenters. The number of hydrogen-bond donors (Lipinski definition) is 0. The van der Waals surface area contributed by atoms with Crippen molar-refractivity contribution in [2.24, 2.45) is 0 Å². The SMILES string of the molecule is Cc1ccc(C(=O)Oc2cccc(C(C)C)c2)s1. The lowest BCUT2D eigenvalue weighted by atomic mass is 10.0. The topological polar surface area (TPSA) is 26.3 Å². The van der Waals surface area contributed by atoms with E-state index in [1.165, 1.54) is 16.9 Å². The molecule has 0 saturated heterocycles. The maximum atomic E-state index is 11.9. The van der Waals surface area contributed by atoms with Gasteiger partial charge >= 0.3 is 5.97 Å². The van der Waals surface area contributed by atoms with Gasteiger partial charge in [-0.3, -0.25) is 0 Å². The van der Waals surface area contributed by atoms with E-state index in [1.54, 1.807) is 6.07 Å². The first-order chi connectivity index (χ1) is 8.56. The van der Waals surface area contributed by atoms with Crippen molar-refractivity contribution in [1.29, 1.82) is 0 Å². The lowest BCUT2D eigenvalue weighted by Gasteiger charge is -2.08. The summed E-state index contributed by atoms with van der Waals surface area (Å²) in [5, 5.41) is 0. The minimum Gasteiger partial charge on any atom is -0.422 e. The molecule has 2 nitrogen and oxygen atoms in total. The fraction of sp³-hybridized carbons (Fsp3) is 0.267. The summed E-state index contributed by atoms with van der Waals surface area (Å²) in [6.45, 7) is 6.20. The number of carbonyl (C=O) groups excluding carboxylic acids is 1. The fourth-order valence-electron chi connectivity index (χ4n) is 1.64. The fourth-order valence-corrected chi connectivity index (χ4v) is 2.38. The van der Waals surface area contributed by atoms with Crippen LogP contribution in [0.5, 0.6) is 5.75 Å². The first kappa shape index (κ1) is 12.8. The van der Waals surface area contributed by atoms with Crippen LogP contribution in [0.2, 0.25) is 0 Å². The minimum absolute atomic E-state index is 0.283. The van der Waals surface area contributed by atoms with E-state index in [0.717, 1.165) is 4.88 Å². The number of ether oxygens (including phenoxy) is 1. The summed E-state index contributed by atoms with van der Waals surface area (Å²) in [5.74, 6) is 0.749. The van der Waals surface area contributed by atoms with E-state index < -0.39 is 0 Å². The largest absolute Gasteiger partial charge is 0.422 e. The van der Waals surface area contributed by atoms with Gasteiger partial charge in [-0.2, -0.15) is 0 Å². The highest BCUT2D eigenvalue weighted by atomic mass is 32.1. The molecule has 0 radical (unpaired) electrons. The van der Waals surface area contributed by atoms with E-state index >= 15 is 0 Å². The second kappa shape index (κ2) is 5.36. The molecule has 1 aromatic heterocycles. The zero-order valence-corrected chi connectivity index (χ0v) is 11.6. The van der Waals surface area contributed by atoms with Gasteiger partial charge in [0.1, 0.15) is 10.6 Å². The number of esters is 1. The molecule has 0 saturated carbocycles. The van der Waals surface area contributed by atoms with Crippen LogP contribution in [0.4, 0.5) is 0 Å². The van der Waals surface area contributed by atoms with Crippen LogP contribution in [0.15, 0.2) is 36.4 Å². The molecule has 94 valence electrons. The maximum absolute atomic E-state index is 11.9. The Morgan fingerprint density at radius 3 is 2.61 bits per heavy atom. The molecular weight excluding hydrogens is 244 g/mol. The van der Waals surface area contributed by atoms with Crippen molar-refractivity contribution < 1.29 is 9.53 Å². The van der Waals surface area contributed by atoms with E-state index in [2.05, 4.69) is 13.8 Å². The molecule has 0 atom stereocenters. The van der Waals surface area contributed by atoms with Gasteiger partial charge in [-0.15, -0.1) is 11.3 Å². The molecule has 1 aromatic carbocycles. The van der Waals surface area contributed by atoms with E-state index in [-0.39, 0.29) is 5.97 Å². The predicted octanol–water partition coefficient (Wildman–Crippen LogP) is 4.40. The second-order valence-corrected chi connectivity index (χ2v) is 5.81. The Morgan fingerprint density at radius 2 is 2.00 bits per heavy atom. The lowest BCUT2D eigenvalue weighted by Crippen LogP contribution is -2.06. The molecule has 0 aliphatic rings. The van der Waals surface area contributed by atoms with E-state index in [9.17, 15) is 4.79 Å². The van der Waals surface area contributed by atoms with Crippen molar-refractivity contribution in [3.63, 3.8) is 0 Å². The number of hydrogen-bond acceptors (Lipinski definition) is 3. The van der Waals surface area contributed by atoms with E-state index in [0.29, 0.717) is 16.5 Å². The van der Waals surface area contributed by atoms with Crippen LogP contribution in [0.25, 0.3) is 0 Å². The number of carbonyl (C=O) groups is 1. The standard InChI is InChI=1S/C15H16O2S/c1-10(2)12-5-4-6-13(9-12)17-15(16)14-8-7-11(3)18-14/h4-10H,1-3H3. The van der Waals surface area contributed by atoms with Gasteiger partial charge < -0.3 is 4.74 Å². The highest BCUT2D eigenvalue weighted by molar-refractivity contribution is 7.13. The Bertz CT molecular complexity index is 555. The normalized spacial score (nSPS) is 10.7. The summed E-state index contributed by atoms with van der Waals surface area (Å²) in [4.78, 5) is 13.6. The van der Waals surface area contributed by atoms with Crippen LogP contribution in [-0.2, 0) is 0 Å². The van der Waals surface area contributed by atoms with Crippen LogP contribution in [0.1, 0.15) is 39.9 Å². The molecule has 18 heavy (non-hydrogen) atoms. The first-order valence-electron chi connectivity index (χ1n) is 5.95. The summed E-state index contributed by atoms with van der Waals surface area (Å²) in [6, 6.07) is 11.4. The smallest absolute Gasteiger partial charge is 0.353 e. The van der Waals surface area contributed by atoms with Gasteiger partial charge in [-0.1, -0.05) is 26.0 Å². The molecule has 2 rings (SSSR count). The van der Waals surface area contributed by atoms with E-state index in [4.69, 9.17) is 4.74 Å². The Labute approximate surface area is 111 Å². The van der Waals surface area contributed by atoms with Crippen molar-refractivity contribution in [2.45, 2.75) is 26.7 Å². The molecule has 1 heterocycles. The summed E-state index contributed by atoms with van der Waals surface area (Å²) in [5.41, 5.74) is 1.17. The number of thiophene rings is 1. The van der Waals surface area contributed by atoms with Crippen molar-refractivity contribution >= 4 is 17.3 Å². The van der Waals surface area contributed by atoms with Gasteiger partial charge in [-0.25, -0.2) is 4.79 Å². The minimum atomic E-state index is -0.283. The zero-order chi connectivity index (χ0) is 13.1. The second-order valence-electron chi connectivity index (χ2n) is 4.53. The molecule has 3 heteroatoms. The summed E-state index contributed by atoms with van der Waals surface area (Å²) >= 11 is 1.45. The molecule has 0 bridgehead atoms. The molecule has 0 spiro atoms. The van der Waals surface area contributed by atoms with E-state index in [1.807, 2.05) is 37.3 Å². The summed E-state index contributed by atoms with van der Waals surface area (Å²) in [7, 11) is 0. The third-order valence-electron chi connectivity index (χ3n) is 2.68. The van der Waals surface area contributed by atoms with Crippen molar-refractivity contribution in [1.82, 2.24) is 0 Å². The highest BCUT2D eigenvalue weighted by Gasteiger charge is 2.11. The molecule has 0 fully saturated rings. The number of aryl methyl sites for hydroxylation is 1. The third-order valence-corrected chi connectivity index (χ3v) is 3.66. The Balaban J connectivity index is 2.14. The Kier molecular flexibility index (Phi) is 3.82. The molecule has 0 N–H and O–H groups in total. The summed E-state index contributed by atoms with van der Waals surface area (Å²) in [6.07, 6.45) is 0. The number of benzene rings is 1. The van der Waals surface area contributed by atoms with Crippen LogP contribution >= 0.6 is 11.3 Å². The Hall–Kier alpha value is -1.61. The van der Waals surface area contributed by atoms with Crippen LogP contribution in [0, 0.1) is 6.92 Å². The predicted molar refractivity (Wildman–Crippen MR) is 74.5 cm³/mol. The van der Waals surface area contributed by atoms with Crippen LogP contribution < -0.4 is 4.74 Å². The van der Waals surface area contributed by atoms with Gasteiger partial charge in [-0.05, 0) is 42.7 Å². The van der Waals surface area contributed by atoms with Crippen molar-refractivity contribution in [2.75, 3.05) is 0 Å². The summed E-state index contributed by atoms with van der Waals surface area (Å²) < 4.78 is 5.38. The number of rotatable bonds is 3. The average Bonchev–Trinajstić information content (AvgIpc) is 2.76. The average molecular weight is 260 g/mol. The monoisotopic (exact) mass is 260 g/mol. The highest BCUT2D eigenvalue weighted by Crippen LogP contribution is 2.22. The van der Waals surface area contributed by atoms with Gasteiger partial charge in [0.05, 0.1) is 0 Å². The van der Waals surface area contributed by atoms with Gasteiger partial charge in [0.25, 0.3) is 0 Å². The molecular formula is C15H16O2S. The van der Waals surface area contributed by atoms with Crippen LogP contribution in [0.3, 0.4) is 0 Å². The van der Waals surface area contributed by atoms with Gasteiger partial charge in [0, 0.05) is 4.88 Å².